The van der Waals surface area contributed by atoms with Crippen LogP contribution in [0, 0.1) is 15.2 Å². The molecular weight excluding hydrogens is 347 g/mol. The molecule has 0 aliphatic carbocycles. The van der Waals surface area contributed by atoms with Crippen molar-refractivity contribution in [1.29, 1.82) is 0 Å². The molecule has 1 unspecified atom stereocenters. The van der Waals surface area contributed by atoms with Crippen molar-refractivity contribution in [3.63, 3.8) is 0 Å². The van der Waals surface area contributed by atoms with Crippen molar-refractivity contribution < 1.29 is 8.78 Å². The monoisotopic (exact) mass is 359 g/mol. The number of hydrogen-bond acceptors (Lipinski definition) is 1. The van der Waals surface area contributed by atoms with E-state index in [2.05, 4.69) is 22.6 Å². The van der Waals surface area contributed by atoms with E-state index in [1.807, 2.05) is 24.3 Å². The van der Waals surface area contributed by atoms with Gasteiger partial charge in [-0.2, -0.15) is 0 Å². The first-order chi connectivity index (χ1) is 8.56. The molecule has 1 atom stereocenters. The standard InChI is InChI=1S/C14H12F2IN/c15-10-3-6-13(16)12(8-10)14(18)7-9-1-4-11(17)5-2-9/h1-6,8,14H,7,18H2. The van der Waals surface area contributed by atoms with E-state index in [4.69, 9.17) is 5.73 Å². The molecule has 0 fully saturated rings. The summed E-state index contributed by atoms with van der Waals surface area (Å²) < 4.78 is 27.7. The van der Waals surface area contributed by atoms with Crippen molar-refractivity contribution in [3.8, 4) is 0 Å². The van der Waals surface area contributed by atoms with Crippen LogP contribution in [-0.4, -0.2) is 0 Å². The molecule has 0 aliphatic rings. The first-order valence-electron chi connectivity index (χ1n) is 5.51. The van der Waals surface area contributed by atoms with Crippen LogP contribution in [0.25, 0.3) is 0 Å². The predicted octanol–water partition coefficient (Wildman–Crippen LogP) is 3.81. The van der Waals surface area contributed by atoms with Crippen molar-refractivity contribution in [2.24, 2.45) is 5.73 Å². The third-order valence-electron chi connectivity index (χ3n) is 2.73. The van der Waals surface area contributed by atoms with Crippen molar-refractivity contribution in [2.75, 3.05) is 0 Å². The first-order valence-corrected chi connectivity index (χ1v) is 6.59. The van der Waals surface area contributed by atoms with Gasteiger partial charge in [-0.15, -0.1) is 0 Å². The highest BCUT2D eigenvalue weighted by Gasteiger charge is 2.13. The molecule has 0 aliphatic heterocycles. The SMILES string of the molecule is NC(Cc1ccc(I)cc1)c1cc(F)ccc1F. The number of hydrogen-bond donors (Lipinski definition) is 1. The Labute approximate surface area is 118 Å². The predicted molar refractivity (Wildman–Crippen MR) is 76.1 cm³/mol. The molecule has 0 spiro atoms. The van der Waals surface area contributed by atoms with Crippen LogP contribution in [0.2, 0.25) is 0 Å². The molecule has 0 saturated heterocycles. The Morgan fingerprint density at radius 3 is 2.39 bits per heavy atom. The fraction of sp³-hybridized carbons (Fsp3) is 0.143. The Bertz CT molecular complexity index is 540. The van der Waals surface area contributed by atoms with E-state index in [-0.39, 0.29) is 5.56 Å². The first kappa shape index (κ1) is 13.4. The summed E-state index contributed by atoms with van der Waals surface area (Å²) in [6, 6.07) is 10.6. The van der Waals surface area contributed by atoms with E-state index >= 15 is 0 Å². The summed E-state index contributed by atoms with van der Waals surface area (Å²) >= 11 is 2.21. The van der Waals surface area contributed by atoms with E-state index in [9.17, 15) is 8.78 Å². The van der Waals surface area contributed by atoms with Gasteiger partial charge in [0.25, 0.3) is 0 Å². The molecular formula is C14H12F2IN. The summed E-state index contributed by atoms with van der Waals surface area (Å²) in [6.07, 6.45) is 0.483. The lowest BCUT2D eigenvalue weighted by atomic mass is 9.99. The zero-order valence-electron chi connectivity index (χ0n) is 9.54. The molecule has 4 heteroatoms. The molecule has 0 aromatic heterocycles. The molecule has 0 saturated carbocycles. The third-order valence-corrected chi connectivity index (χ3v) is 3.45. The second-order valence-electron chi connectivity index (χ2n) is 4.10. The molecule has 2 rings (SSSR count). The lowest BCUT2D eigenvalue weighted by Crippen LogP contribution is -2.15. The Hall–Kier alpha value is -1.01. The van der Waals surface area contributed by atoms with E-state index in [1.54, 1.807) is 0 Å². The van der Waals surface area contributed by atoms with Crippen LogP contribution in [0.3, 0.4) is 0 Å². The Balaban J connectivity index is 2.18. The zero-order chi connectivity index (χ0) is 13.1. The summed E-state index contributed by atoms with van der Waals surface area (Å²) in [4.78, 5) is 0. The number of rotatable bonds is 3. The molecule has 0 amide bonds. The molecule has 0 radical (unpaired) electrons. The Kier molecular flexibility index (Phi) is 4.29. The van der Waals surface area contributed by atoms with Crippen LogP contribution in [0.4, 0.5) is 8.78 Å². The minimum Gasteiger partial charge on any atom is -0.324 e. The minimum atomic E-state index is -0.541. The highest BCUT2D eigenvalue weighted by Crippen LogP contribution is 2.20. The van der Waals surface area contributed by atoms with Gasteiger partial charge in [0.2, 0.25) is 0 Å². The van der Waals surface area contributed by atoms with E-state index < -0.39 is 17.7 Å². The van der Waals surface area contributed by atoms with Crippen LogP contribution < -0.4 is 5.73 Å². The van der Waals surface area contributed by atoms with Crippen LogP contribution in [0.15, 0.2) is 42.5 Å². The van der Waals surface area contributed by atoms with Crippen molar-refractivity contribution in [1.82, 2.24) is 0 Å². The summed E-state index contributed by atoms with van der Waals surface area (Å²) in [5.74, 6) is -0.932. The van der Waals surface area contributed by atoms with Gasteiger partial charge < -0.3 is 5.73 Å². The van der Waals surface area contributed by atoms with Crippen LogP contribution in [-0.2, 0) is 6.42 Å². The van der Waals surface area contributed by atoms with Gasteiger partial charge in [-0.3, -0.25) is 0 Å². The van der Waals surface area contributed by atoms with Gasteiger partial charge in [0, 0.05) is 15.2 Å². The maximum absolute atomic E-state index is 13.5. The van der Waals surface area contributed by atoms with Gasteiger partial charge in [-0.1, -0.05) is 12.1 Å². The summed E-state index contributed by atoms with van der Waals surface area (Å²) in [5.41, 5.74) is 7.15. The number of benzene rings is 2. The largest absolute Gasteiger partial charge is 0.324 e. The molecule has 94 valence electrons. The second-order valence-corrected chi connectivity index (χ2v) is 5.35. The maximum Gasteiger partial charge on any atom is 0.128 e. The van der Waals surface area contributed by atoms with Gasteiger partial charge in [0.05, 0.1) is 0 Å². The topological polar surface area (TPSA) is 26.0 Å². The van der Waals surface area contributed by atoms with Crippen LogP contribution in [0.5, 0.6) is 0 Å². The van der Waals surface area contributed by atoms with Crippen molar-refractivity contribution in [3.05, 3.63) is 68.8 Å². The van der Waals surface area contributed by atoms with Crippen LogP contribution >= 0.6 is 22.6 Å². The smallest absolute Gasteiger partial charge is 0.128 e. The second kappa shape index (κ2) is 5.75. The van der Waals surface area contributed by atoms with Crippen molar-refractivity contribution in [2.45, 2.75) is 12.5 Å². The summed E-state index contributed by atoms with van der Waals surface area (Å²) in [6.45, 7) is 0. The van der Waals surface area contributed by atoms with Crippen molar-refractivity contribution >= 4 is 22.6 Å². The molecule has 2 aromatic rings. The summed E-state index contributed by atoms with van der Waals surface area (Å²) in [7, 11) is 0. The average Bonchev–Trinajstić information content (AvgIpc) is 2.35. The molecule has 0 bridgehead atoms. The van der Waals surface area contributed by atoms with E-state index in [0.29, 0.717) is 6.42 Å². The number of halogens is 3. The van der Waals surface area contributed by atoms with E-state index in [0.717, 1.165) is 27.3 Å². The Morgan fingerprint density at radius 1 is 1.06 bits per heavy atom. The van der Waals surface area contributed by atoms with Gasteiger partial charge >= 0.3 is 0 Å². The quantitative estimate of drug-likeness (QED) is 0.829. The fourth-order valence-corrected chi connectivity index (χ4v) is 2.14. The van der Waals surface area contributed by atoms with Gasteiger partial charge in [0.15, 0.2) is 0 Å². The highest BCUT2D eigenvalue weighted by atomic mass is 127. The van der Waals surface area contributed by atoms with E-state index in [1.165, 1.54) is 0 Å². The average molecular weight is 359 g/mol. The molecule has 2 N–H and O–H groups in total. The normalized spacial score (nSPS) is 12.4. The maximum atomic E-state index is 13.5. The molecule has 0 heterocycles. The third kappa shape index (κ3) is 3.26. The lowest BCUT2D eigenvalue weighted by Gasteiger charge is -2.13. The highest BCUT2D eigenvalue weighted by molar-refractivity contribution is 14.1. The van der Waals surface area contributed by atoms with Gasteiger partial charge in [0.1, 0.15) is 11.6 Å². The molecule has 18 heavy (non-hydrogen) atoms. The molecule has 1 nitrogen and oxygen atoms in total. The summed E-state index contributed by atoms with van der Waals surface area (Å²) in [5, 5.41) is 0. The lowest BCUT2D eigenvalue weighted by molar-refractivity contribution is 0.561. The fourth-order valence-electron chi connectivity index (χ4n) is 1.78. The van der Waals surface area contributed by atoms with Gasteiger partial charge in [-0.25, -0.2) is 8.78 Å². The Morgan fingerprint density at radius 2 is 1.72 bits per heavy atom. The minimum absolute atomic E-state index is 0.216. The zero-order valence-corrected chi connectivity index (χ0v) is 11.7. The van der Waals surface area contributed by atoms with Crippen LogP contribution in [0.1, 0.15) is 17.2 Å². The molecule has 2 aromatic carbocycles. The number of nitrogens with two attached hydrogens (primary N) is 1. The van der Waals surface area contributed by atoms with Gasteiger partial charge in [-0.05, 0) is 64.9 Å².